The maximum absolute atomic E-state index is 6.05. The second kappa shape index (κ2) is 6.47. The Hall–Kier alpha value is 0.540. The summed E-state index contributed by atoms with van der Waals surface area (Å²) in [5.74, 6) is 1.36. The number of halogens is 2. The first-order valence-electron chi connectivity index (χ1n) is 6.67. The summed E-state index contributed by atoms with van der Waals surface area (Å²) in [4.78, 5) is -0.357. The van der Waals surface area contributed by atoms with Gasteiger partial charge in [0.2, 0.25) is 0 Å². The van der Waals surface area contributed by atoms with E-state index in [-0.39, 0.29) is 10.9 Å². The van der Waals surface area contributed by atoms with Crippen molar-refractivity contribution in [2.75, 3.05) is 6.61 Å². The van der Waals surface area contributed by atoms with Crippen LogP contribution < -0.4 is 0 Å². The molecule has 0 saturated heterocycles. The predicted octanol–water partition coefficient (Wildman–Crippen LogP) is 4.56. The first-order valence-corrected chi connectivity index (χ1v) is 7.54. The molecule has 0 aromatic rings. The quantitative estimate of drug-likeness (QED) is 0.662. The molecule has 0 bridgehead atoms. The molecule has 2 aliphatic carbocycles. The molecule has 1 unspecified atom stereocenters. The summed E-state index contributed by atoms with van der Waals surface area (Å²) in [5, 5.41) is 0. The van der Waals surface area contributed by atoms with E-state index in [0.29, 0.717) is 5.92 Å². The van der Waals surface area contributed by atoms with Crippen LogP contribution in [0.5, 0.6) is 0 Å². The number of hydrogen-bond donors (Lipinski definition) is 0. The molecule has 94 valence electrons. The molecule has 0 spiro atoms. The van der Waals surface area contributed by atoms with Gasteiger partial charge in [0, 0.05) is 6.61 Å². The molecule has 16 heavy (non-hydrogen) atoms. The van der Waals surface area contributed by atoms with Gasteiger partial charge in [0.1, 0.15) is 4.84 Å². The van der Waals surface area contributed by atoms with Gasteiger partial charge in [-0.2, -0.15) is 0 Å². The maximum Gasteiger partial charge on any atom is 0.134 e. The Morgan fingerprint density at radius 2 is 1.50 bits per heavy atom. The fourth-order valence-electron chi connectivity index (χ4n) is 3.12. The summed E-state index contributed by atoms with van der Waals surface area (Å²) in [5.41, 5.74) is 0. The fourth-order valence-corrected chi connectivity index (χ4v) is 3.68. The summed E-state index contributed by atoms with van der Waals surface area (Å²) in [6, 6.07) is 0. The molecule has 2 aliphatic rings. The van der Waals surface area contributed by atoms with E-state index in [1.54, 1.807) is 0 Å². The summed E-state index contributed by atoms with van der Waals surface area (Å²) >= 11 is 12.1. The van der Waals surface area contributed by atoms with E-state index in [0.717, 1.165) is 12.5 Å². The second-order valence-electron chi connectivity index (χ2n) is 5.33. The van der Waals surface area contributed by atoms with E-state index in [1.807, 2.05) is 0 Å². The van der Waals surface area contributed by atoms with Gasteiger partial charge in [-0.25, -0.2) is 0 Å². The highest BCUT2D eigenvalue weighted by molar-refractivity contribution is 6.44. The average molecular weight is 265 g/mol. The molecule has 2 saturated carbocycles. The van der Waals surface area contributed by atoms with Crippen molar-refractivity contribution >= 4 is 23.2 Å². The molecule has 0 aromatic carbocycles. The lowest BCUT2D eigenvalue weighted by Gasteiger charge is -2.26. The molecule has 0 amide bonds. The van der Waals surface area contributed by atoms with Crippen molar-refractivity contribution in [1.82, 2.24) is 0 Å². The monoisotopic (exact) mass is 264 g/mol. The number of ether oxygens (including phenoxy) is 1. The van der Waals surface area contributed by atoms with Crippen LogP contribution in [0.4, 0.5) is 0 Å². The van der Waals surface area contributed by atoms with E-state index in [4.69, 9.17) is 27.9 Å². The van der Waals surface area contributed by atoms with Gasteiger partial charge in [0.05, 0.1) is 6.10 Å². The van der Waals surface area contributed by atoms with E-state index < -0.39 is 0 Å². The molecular weight excluding hydrogens is 243 g/mol. The van der Waals surface area contributed by atoms with Crippen molar-refractivity contribution in [2.24, 2.45) is 11.8 Å². The van der Waals surface area contributed by atoms with Crippen LogP contribution in [0.25, 0.3) is 0 Å². The number of alkyl halides is 2. The maximum atomic E-state index is 6.05. The number of hydrogen-bond acceptors (Lipinski definition) is 1. The second-order valence-corrected chi connectivity index (χ2v) is 6.49. The van der Waals surface area contributed by atoms with Crippen molar-refractivity contribution < 1.29 is 4.74 Å². The van der Waals surface area contributed by atoms with Crippen molar-refractivity contribution in [3.63, 3.8) is 0 Å². The minimum atomic E-state index is -0.357. The van der Waals surface area contributed by atoms with Crippen LogP contribution in [-0.2, 0) is 4.74 Å². The van der Waals surface area contributed by atoms with Crippen LogP contribution in [-0.4, -0.2) is 17.5 Å². The van der Waals surface area contributed by atoms with Gasteiger partial charge in [0.15, 0.2) is 0 Å². The summed E-state index contributed by atoms with van der Waals surface area (Å²) in [7, 11) is 0. The highest BCUT2D eigenvalue weighted by Gasteiger charge is 2.31. The van der Waals surface area contributed by atoms with Crippen LogP contribution >= 0.6 is 23.2 Å². The molecule has 0 aromatic heterocycles. The smallest absolute Gasteiger partial charge is 0.134 e. The summed E-state index contributed by atoms with van der Waals surface area (Å²) < 4.78 is 6.01. The van der Waals surface area contributed by atoms with E-state index >= 15 is 0 Å². The van der Waals surface area contributed by atoms with Crippen LogP contribution in [0, 0.1) is 11.8 Å². The van der Waals surface area contributed by atoms with Gasteiger partial charge in [-0.05, 0) is 37.5 Å². The molecule has 3 heteroatoms. The van der Waals surface area contributed by atoms with Gasteiger partial charge in [-0.15, -0.1) is 23.2 Å². The Morgan fingerprint density at radius 1 is 0.938 bits per heavy atom. The third-order valence-electron chi connectivity index (χ3n) is 4.11. The molecule has 1 atom stereocenters. The topological polar surface area (TPSA) is 9.23 Å². The van der Waals surface area contributed by atoms with Crippen LogP contribution in [0.1, 0.15) is 51.4 Å². The predicted molar refractivity (Wildman–Crippen MR) is 69.2 cm³/mol. The lowest BCUT2D eigenvalue weighted by Crippen LogP contribution is -2.30. The first-order chi connectivity index (χ1) is 7.77. The van der Waals surface area contributed by atoms with Gasteiger partial charge in [0.25, 0.3) is 0 Å². The van der Waals surface area contributed by atoms with Crippen molar-refractivity contribution in [1.29, 1.82) is 0 Å². The standard InChI is InChI=1S/C13H22Cl2O/c14-13(15)12(11-7-3-4-8-11)16-9-10-5-1-2-6-10/h10-13H,1-9H2. The molecule has 0 N–H and O–H groups in total. The van der Waals surface area contributed by atoms with Gasteiger partial charge >= 0.3 is 0 Å². The zero-order chi connectivity index (χ0) is 11.4. The molecule has 0 aliphatic heterocycles. The molecule has 2 rings (SSSR count). The fraction of sp³-hybridized carbons (Fsp3) is 1.00. The summed E-state index contributed by atoms with van der Waals surface area (Å²) in [6.45, 7) is 0.872. The zero-order valence-electron chi connectivity index (χ0n) is 9.84. The third kappa shape index (κ3) is 3.51. The number of rotatable bonds is 5. The van der Waals surface area contributed by atoms with Crippen molar-refractivity contribution in [3.05, 3.63) is 0 Å². The van der Waals surface area contributed by atoms with Crippen molar-refractivity contribution in [3.8, 4) is 0 Å². The van der Waals surface area contributed by atoms with E-state index in [2.05, 4.69) is 0 Å². The van der Waals surface area contributed by atoms with Gasteiger partial charge < -0.3 is 4.74 Å². The molecule has 2 fully saturated rings. The minimum absolute atomic E-state index is 0.0754. The largest absolute Gasteiger partial charge is 0.375 e. The Balaban J connectivity index is 1.77. The van der Waals surface area contributed by atoms with Gasteiger partial charge in [-0.1, -0.05) is 25.7 Å². The Kier molecular flexibility index (Phi) is 5.25. The lowest BCUT2D eigenvalue weighted by atomic mass is 10.0. The van der Waals surface area contributed by atoms with Crippen LogP contribution in [0.3, 0.4) is 0 Å². The molecule has 0 radical (unpaired) electrons. The third-order valence-corrected chi connectivity index (χ3v) is 4.61. The van der Waals surface area contributed by atoms with Crippen LogP contribution in [0.2, 0.25) is 0 Å². The van der Waals surface area contributed by atoms with E-state index in [1.165, 1.54) is 51.4 Å². The SMILES string of the molecule is ClC(Cl)C(OCC1CCCC1)C1CCCC1. The highest BCUT2D eigenvalue weighted by Crippen LogP contribution is 2.34. The average Bonchev–Trinajstić information content (AvgIpc) is 2.88. The first kappa shape index (κ1) is 13.0. The van der Waals surface area contributed by atoms with Gasteiger partial charge in [-0.3, -0.25) is 0 Å². The van der Waals surface area contributed by atoms with Crippen molar-refractivity contribution in [2.45, 2.75) is 62.3 Å². The molecular formula is C13H22Cl2O. The lowest BCUT2D eigenvalue weighted by molar-refractivity contribution is 0.00396. The Morgan fingerprint density at radius 3 is 2.06 bits per heavy atom. The Labute approximate surface area is 109 Å². The Bertz CT molecular complexity index is 196. The highest BCUT2D eigenvalue weighted by atomic mass is 35.5. The minimum Gasteiger partial charge on any atom is -0.375 e. The normalized spacial score (nSPS) is 25.7. The van der Waals surface area contributed by atoms with Crippen LogP contribution in [0.15, 0.2) is 0 Å². The van der Waals surface area contributed by atoms with E-state index in [9.17, 15) is 0 Å². The molecule has 0 heterocycles. The zero-order valence-corrected chi connectivity index (χ0v) is 11.3. The molecule has 1 nitrogen and oxygen atoms in total. The summed E-state index contributed by atoms with van der Waals surface area (Å²) in [6.07, 6.45) is 10.6.